The number of nitrogens with zero attached hydrogens (tertiary/aromatic N) is 2. The minimum atomic E-state index is -0.0206. The van der Waals surface area contributed by atoms with Crippen molar-refractivity contribution in [3.05, 3.63) is 22.4 Å². The van der Waals surface area contributed by atoms with E-state index in [9.17, 15) is 4.79 Å². The van der Waals surface area contributed by atoms with Gasteiger partial charge in [0.05, 0.1) is 25.8 Å². The van der Waals surface area contributed by atoms with Gasteiger partial charge in [-0.05, 0) is 17.9 Å². The van der Waals surface area contributed by atoms with Crippen molar-refractivity contribution in [2.45, 2.75) is 19.4 Å². The highest BCUT2D eigenvalue weighted by atomic mass is 32.1. The summed E-state index contributed by atoms with van der Waals surface area (Å²) >= 11 is 1.76. The molecule has 140 valence electrons. The fourth-order valence-electron chi connectivity index (χ4n) is 2.68. The van der Waals surface area contributed by atoms with Crippen molar-refractivity contribution in [1.29, 1.82) is 0 Å². The van der Waals surface area contributed by atoms with Crippen molar-refractivity contribution in [3.63, 3.8) is 0 Å². The SMILES string of the molecule is CCCNC(=O)CNC(=NC)NCC(c1cccs1)N1CCOCC1. The van der Waals surface area contributed by atoms with Crippen molar-refractivity contribution < 1.29 is 9.53 Å². The quantitative estimate of drug-likeness (QED) is 0.468. The van der Waals surface area contributed by atoms with Gasteiger partial charge in [-0.25, -0.2) is 0 Å². The average molecular weight is 368 g/mol. The van der Waals surface area contributed by atoms with Gasteiger partial charge in [0.1, 0.15) is 0 Å². The number of hydrogen-bond acceptors (Lipinski definition) is 5. The van der Waals surface area contributed by atoms with Gasteiger partial charge in [-0.2, -0.15) is 0 Å². The third-order valence-electron chi connectivity index (χ3n) is 4.03. The summed E-state index contributed by atoms with van der Waals surface area (Å²) in [5.41, 5.74) is 0. The van der Waals surface area contributed by atoms with Crippen molar-refractivity contribution in [3.8, 4) is 0 Å². The molecule has 0 saturated carbocycles. The van der Waals surface area contributed by atoms with Gasteiger partial charge >= 0.3 is 0 Å². The molecule has 0 aromatic carbocycles. The average Bonchev–Trinajstić information content (AvgIpc) is 3.18. The number of thiophene rings is 1. The first-order chi connectivity index (χ1) is 12.2. The van der Waals surface area contributed by atoms with Crippen LogP contribution < -0.4 is 16.0 Å². The predicted octanol–water partition coefficient (Wildman–Crippen LogP) is 0.813. The van der Waals surface area contributed by atoms with E-state index in [2.05, 4.69) is 43.4 Å². The topological polar surface area (TPSA) is 78.0 Å². The maximum atomic E-state index is 11.7. The van der Waals surface area contributed by atoms with Gasteiger partial charge in [-0.3, -0.25) is 14.7 Å². The molecular formula is C17H29N5O2S. The monoisotopic (exact) mass is 367 g/mol. The van der Waals surface area contributed by atoms with Crippen LogP contribution in [0.3, 0.4) is 0 Å². The molecule has 1 fully saturated rings. The van der Waals surface area contributed by atoms with E-state index in [-0.39, 0.29) is 18.5 Å². The van der Waals surface area contributed by atoms with Crippen molar-refractivity contribution >= 4 is 23.2 Å². The first-order valence-corrected chi connectivity index (χ1v) is 9.69. The second-order valence-electron chi connectivity index (χ2n) is 5.84. The van der Waals surface area contributed by atoms with E-state index in [1.807, 2.05) is 6.92 Å². The lowest BCUT2D eigenvalue weighted by molar-refractivity contribution is -0.120. The Morgan fingerprint density at radius 2 is 2.16 bits per heavy atom. The molecule has 0 aliphatic carbocycles. The van der Waals surface area contributed by atoms with E-state index >= 15 is 0 Å². The maximum absolute atomic E-state index is 11.7. The number of carbonyl (C=O) groups excluding carboxylic acids is 1. The molecule has 25 heavy (non-hydrogen) atoms. The molecule has 0 bridgehead atoms. The normalized spacial score (nSPS) is 17.1. The number of ether oxygens (including phenoxy) is 1. The molecule has 1 aliphatic heterocycles. The molecule has 7 nitrogen and oxygen atoms in total. The molecule has 8 heteroatoms. The Morgan fingerprint density at radius 3 is 2.80 bits per heavy atom. The van der Waals surface area contributed by atoms with Gasteiger partial charge in [-0.15, -0.1) is 11.3 Å². The highest BCUT2D eigenvalue weighted by Gasteiger charge is 2.23. The second kappa shape index (κ2) is 11.1. The highest BCUT2D eigenvalue weighted by molar-refractivity contribution is 7.10. The Labute approximate surface area is 153 Å². The lowest BCUT2D eigenvalue weighted by atomic mass is 10.2. The van der Waals surface area contributed by atoms with E-state index in [1.54, 1.807) is 18.4 Å². The first-order valence-electron chi connectivity index (χ1n) is 8.81. The summed E-state index contributed by atoms with van der Waals surface area (Å²) in [6.07, 6.45) is 0.931. The Balaban J connectivity index is 1.86. The number of carbonyl (C=O) groups is 1. The molecule has 1 aromatic heterocycles. The lowest BCUT2D eigenvalue weighted by Gasteiger charge is -2.34. The van der Waals surface area contributed by atoms with Crippen LogP contribution in [0.4, 0.5) is 0 Å². The van der Waals surface area contributed by atoms with Gasteiger partial charge < -0.3 is 20.7 Å². The molecular weight excluding hydrogens is 338 g/mol. The van der Waals surface area contributed by atoms with Crippen molar-refractivity contribution in [1.82, 2.24) is 20.9 Å². The highest BCUT2D eigenvalue weighted by Crippen LogP contribution is 2.25. The van der Waals surface area contributed by atoms with Gasteiger partial charge in [-0.1, -0.05) is 13.0 Å². The zero-order valence-corrected chi connectivity index (χ0v) is 15.9. The van der Waals surface area contributed by atoms with E-state index in [0.717, 1.165) is 39.3 Å². The Kier molecular flexibility index (Phi) is 8.71. The van der Waals surface area contributed by atoms with Crippen LogP contribution in [0.5, 0.6) is 0 Å². The summed E-state index contributed by atoms with van der Waals surface area (Å²) in [4.78, 5) is 19.7. The number of rotatable bonds is 8. The molecule has 1 unspecified atom stereocenters. The number of nitrogens with one attached hydrogen (secondary N) is 3. The van der Waals surface area contributed by atoms with Crippen molar-refractivity contribution in [2.75, 3.05) is 53.0 Å². The molecule has 0 spiro atoms. The summed E-state index contributed by atoms with van der Waals surface area (Å²) in [5, 5.41) is 11.4. The molecule has 1 atom stereocenters. The second-order valence-corrected chi connectivity index (χ2v) is 6.82. The summed E-state index contributed by atoms with van der Waals surface area (Å²) in [6.45, 7) is 7.08. The number of guanidine groups is 1. The Bertz CT molecular complexity index is 529. The summed E-state index contributed by atoms with van der Waals surface area (Å²) in [5.74, 6) is 0.620. The van der Waals surface area contributed by atoms with E-state index in [0.29, 0.717) is 12.5 Å². The van der Waals surface area contributed by atoms with Crippen LogP contribution in [-0.4, -0.2) is 69.8 Å². The number of hydrogen-bond donors (Lipinski definition) is 3. The van der Waals surface area contributed by atoms with Crippen LogP contribution in [-0.2, 0) is 9.53 Å². The third kappa shape index (κ3) is 6.64. The molecule has 1 aliphatic rings. The Hall–Kier alpha value is -1.64. The molecule has 2 heterocycles. The molecule has 1 saturated heterocycles. The van der Waals surface area contributed by atoms with E-state index in [4.69, 9.17) is 4.74 Å². The Morgan fingerprint density at radius 1 is 1.36 bits per heavy atom. The van der Waals surface area contributed by atoms with Gasteiger partial charge in [0.15, 0.2) is 5.96 Å². The fourth-order valence-corrected chi connectivity index (χ4v) is 3.55. The molecule has 2 rings (SSSR count). The van der Waals surface area contributed by atoms with Gasteiger partial charge in [0.2, 0.25) is 5.91 Å². The zero-order chi connectivity index (χ0) is 17.9. The van der Waals surface area contributed by atoms with E-state index < -0.39 is 0 Å². The van der Waals surface area contributed by atoms with Crippen LogP contribution in [0, 0.1) is 0 Å². The number of aliphatic imine (C=N–C) groups is 1. The smallest absolute Gasteiger partial charge is 0.239 e. The van der Waals surface area contributed by atoms with Crippen LogP contribution in [0.1, 0.15) is 24.3 Å². The van der Waals surface area contributed by atoms with Crippen LogP contribution in [0.15, 0.2) is 22.5 Å². The molecule has 1 aromatic rings. The summed E-state index contributed by atoms with van der Waals surface area (Å²) in [7, 11) is 1.72. The molecule has 3 N–H and O–H groups in total. The maximum Gasteiger partial charge on any atom is 0.239 e. The molecule has 1 amide bonds. The lowest BCUT2D eigenvalue weighted by Crippen LogP contribution is -2.47. The predicted molar refractivity (Wildman–Crippen MR) is 102 cm³/mol. The minimum absolute atomic E-state index is 0.0206. The summed E-state index contributed by atoms with van der Waals surface area (Å²) in [6, 6.07) is 4.52. The standard InChI is InChI=1S/C17H29N5O2S/c1-3-6-19-16(23)13-21-17(18-2)20-12-14(15-5-4-11-25-15)22-7-9-24-10-8-22/h4-5,11,14H,3,6-10,12-13H2,1-2H3,(H,19,23)(H2,18,20,21). The van der Waals surface area contributed by atoms with E-state index in [1.165, 1.54) is 4.88 Å². The molecule has 0 radical (unpaired) electrons. The largest absolute Gasteiger partial charge is 0.379 e. The van der Waals surface area contributed by atoms with Gasteiger partial charge in [0, 0.05) is 38.1 Å². The minimum Gasteiger partial charge on any atom is -0.379 e. The zero-order valence-electron chi connectivity index (χ0n) is 15.1. The fraction of sp³-hybridized carbons (Fsp3) is 0.647. The van der Waals surface area contributed by atoms with Crippen LogP contribution >= 0.6 is 11.3 Å². The summed E-state index contributed by atoms with van der Waals surface area (Å²) < 4.78 is 5.47. The first kappa shape index (κ1) is 19.7. The van der Waals surface area contributed by atoms with Crippen LogP contribution in [0.25, 0.3) is 0 Å². The number of amides is 1. The van der Waals surface area contributed by atoms with Gasteiger partial charge in [0.25, 0.3) is 0 Å². The van der Waals surface area contributed by atoms with Crippen molar-refractivity contribution in [2.24, 2.45) is 4.99 Å². The van der Waals surface area contributed by atoms with Crippen LogP contribution in [0.2, 0.25) is 0 Å². The third-order valence-corrected chi connectivity index (χ3v) is 5.01. The number of morpholine rings is 1.